The molecule has 11 rings (SSSR count). The third kappa shape index (κ3) is 5.10. The van der Waals surface area contributed by atoms with E-state index in [0.717, 1.165) is 11.4 Å². The van der Waals surface area contributed by atoms with Gasteiger partial charge >= 0.3 is 0 Å². The van der Waals surface area contributed by atoms with Crippen LogP contribution in [-0.4, -0.2) is 17.2 Å². The van der Waals surface area contributed by atoms with Gasteiger partial charge in [-0.25, -0.2) is 0 Å². The molecule has 268 valence electrons. The van der Waals surface area contributed by atoms with Crippen molar-refractivity contribution in [1.82, 2.24) is 9.13 Å². The Labute approximate surface area is 333 Å². The molecule has 9 aromatic carbocycles. The predicted octanol–water partition coefficient (Wildman–Crippen LogP) is 10.9. The Hall–Kier alpha value is -7.20. The summed E-state index contributed by atoms with van der Waals surface area (Å²) in [7, 11) is -2.93. The highest BCUT2D eigenvalue weighted by atomic mass is 28.3. The van der Waals surface area contributed by atoms with E-state index in [1.807, 2.05) is 0 Å². The van der Waals surface area contributed by atoms with Gasteiger partial charge < -0.3 is 9.13 Å². The maximum absolute atomic E-state index is 2.93. The largest absolute Gasteiger partial charge is 0.307 e. The molecule has 0 atom stereocenters. The van der Waals surface area contributed by atoms with Crippen molar-refractivity contribution in [2.24, 2.45) is 0 Å². The molecule has 0 bridgehead atoms. The van der Waals surface area contributed by atoms with Crippen LogP contribution in [0.4, 0.5) is 0 Å². The normalized spacial score (nSPS) is 11.9. The van der Waals surface area contributed by atoms with Crippen molar-refractivity contribution in [2.75, 3.05) is 0 Å². The first-order valence-corrected chi connectivity index (χ1v) is 21.7. The van der Waals surface area contributed by atoms with Gasteiger partial charge in [-0.05, 0) is 68.3 Å². The molecule has 0 spiro atoms. The van der Waals surface area contributed by atoms with Crippen LogP contribution in [0, 0.1) is 0 Å². The Morgan fingerprint density at radius 1 is 0.316 bits per heavy atom. The van der Waals surface area contributed by atoms with Crippen LogP contribution in [0.25, 0.3) is 66.1 Å². The molecule has 0 saturated heterocycles. The molecule has 0 aliphatic heterocycles. The lowest BCUT2D eigenvalue weighted by molar-refractivity contribution is 1.13. The van der Waals surface area contributed by atoms with Gasteiger partial charge in [0.2, 0.25) is 0 Å². The van der Waals surface area contributed by atoms with Crippen molar-refractivity contribution in [2.45, 2.75) is 0 Å². The Morgan fingerprint density at radius 2 is 0.772 bits per heavy atom. The summed E-state index contributed by atoms with van der Waals surface area (Å²) in [5.41, 5.74) is 9.54. The van der Waals surface area contributed by atoms with E-state index in [9.17, 15) is 0 Å². The van der Waals surface area contributed by atoms with Gasteiger partial charge in [-0.2, -0.15) is 0 Å². The molecule has 0 fully saturated rings. The van der Waals surface area contributed by atoms with Crippen molar-refractivity contribution in [3.05, 3.63) is 231 Å². The summed E-state index contributed by atoms with van der Waals surface area (Å²) >= 11 is 0. The van der Waals surface area contributed by atoms with Gasteiger partial charge in [0.15, 0.2) is 8.07 Å². The molecule has 11 aromatic rings. The third-order valence-corrected chi connectivity index (χ3v) is 16.7. The van der Waals surface area contributed by atoms with Gasteiger partial charge in [0, 0.05) is 27.2 Å². The van der Waals surface area contributed by atoms with Crippen LogP contribution >= 0.6 is 0 Å². The summed E-state index contributed by atoms with van der Waals surface area (Å²) in [5, 5.41) is 10.4. The lowest BCUT2D eigenvalue weighted by atomic mass is 10.0. The minimum Gasteiger partial charge on any atom is -0.307 e. The van der Waals surface area contributed by atoms with Crippen LogP contribution in [0.1, 0.15) is 0 Å². The predicted molar refractivity (Wildman–Crippen MR) is 244 cm³/mol. The second-order valence-corrected chi connectivity index (χ2v) is 18.6. The van der Waals surface area contributed by atoms with E-state index >= 15 is 0 Å². The number of fused-ring (bicyclic) bond motifs is 6. The maximum Gasteiger partial charge on any atom is 0.180 e. The van der Waals surface area contributed by atoms with Crippen molar-refractivity contribution >= 4 is 72.4 Å². The lowest BCUT2D eigenvalue weighted by Gasteiger charge is -2.36. The highest BCUT2D eigenvalue weighted by Gasteiger charge is 2.43. The summed E-state index contributed by atoms with van der Waals surface area (Å²) in [6.07, 6.45) is 0. The SMILES string of the molecule is c1ccc(-c2cc3c(cc2[Si](c2ccccc2)(c2ccccc2)c2ccccc2)c2ccccc2n3-c2cccc3c4ccccc4n(-c4ccccc4)c23)cc1. The molecule has 2 nitrogen and oxygen atoms in total. The quantitative estimate of drug-likeness (QED) is 0.114. The fraction of sp³-hybridized carbons (Fsp3) is 0. The summed E-state index contributed by atoms with van der Waals surface area (Å²) < 4.78 is 4.98. The van der Waals surface area contributed by atoms with Crippen molar-refractivity contribution in [3.8, 4) is 22.5 Å². The third-order valence-electron chi connectivity index (χ3n) is 11.8. The van der Waals surface area contributed by atoms with E-state index in [-0.39, 0.29) is 0 Å². The highest BCUT2D eigenvalue weighted by molar-refractivity contribution is 7.20. The van der Waals surface area contributed by atoms with E-state index in [1.54, 1.807) is 0 Å². The molecule has 3 heteroatoms. The number of benzene rings is 9. The molecule has 0 amide bonds. The Morgan fingerprint density at radius 3 is 1.35 bits per heavy atom. The molecule has 0 aliphatic rings. The van der Waals surface area contributed by atoms with Crippen LogP contribution in [0.3, 0.4) is 0 Å². The van der Waals surface area contributed by atoms with Crippen LogP contribution < -0.4 is 20.7 Å². The topological polar surface area (TPSA) is 9.86 Å². The average molecular weight is 743 g/mol. The van der Waals surface area contributed by atoms with Crippen molar-refractivity contribution in [3.63, 3.8) is 0 Å². The van der Waals surface area contributed by atoms with Crippen LogP contribution in [0.5, 0.6) is 0 Å². The standard InChI is InChI=1S/C54H38N2Si/c1-6-21-39(22-7-1)47-37-52-48(38-53(47)57(41-25-10-3-11-26-41,42-27-12-4-13-28-42)43-29-14-5-15-30-43)45-32-17-19-35-50(45)56(52)51-36-20-33-46-44-31-16-18-34-49(44)55(54(46)51)40-23-8-2-9-24-40/h1-38H. The smallest absolute Gasteiger partial charge is 0.180 e. The van der Waals surface area contributed by atoms with Crippen LogP contribution in [-0.2, 0) is 0 Å². The highest BCUT2D eigenvalue weighted by Crippen LogP contribution is 2.40. The summed E-state index contributed by atoms with van der Waals surface area (Å²) in [6.45, 7) is 0. The number of para-hydroxylation sites is 4. The zero-order valence-electron chi connectivity index (χ0n) is 31.3. The van der Waals surface area contributed by atoms with Crippen LogP contribution in [0.15, 0.2) is 231 Å². The number of aromatic nitrogens is 2. The molecular formula is C54H38N2Si. The van der Waals surface area contributed by atoms with Crippen molar-refractivity contribution < 1.29 is 0 Å². The zero-order chi connectivity index (χ0) is 37.8. The minimum absolute atomic E-state index is 1.15. The molecule has 0 saturated carbocycles. The van der Waals surface area contributed by atoms with Crippen molar-refractivity contribution in [1.29, 1.82) is 0 Å². The van der Waals surface area contributed by atoms with E-state index in [4.69, 9.17) is 0 Å². The van der Waals surface area contributed by atoms with Gasteiger partial charge in [0.05, 0.1) is 27.8 Å². The van der Waals surface area contributed by atoms with E-state index in [2.05, 4.69) is 240 Å². The molecular weight excluding hydrogens is 705 g/mol. The summed E-state index contributed by atoms with van der Waals surface area (Å²) in [4.78, 5) is 0. The second kappa shape index (κ2) is 13.5. The van der Waals surface area contributed by atoms with Gasteiger partial charge in [-0.15, -0.1) is 0 Å². The van der Waals surface area contributed by atoms with Gasteiger partial charge in [-0.1, -0.05) is 194 Å². The Bertz CT molecular complexity index is 3110. The van der Waals surface area contributed by atoms with E-state index < -0.39 is 8.07 Å². The van der Waals surface area contributed by atoms with E-state index in [0.29, 0.717) is 0 Å². The summed E-state index contributed by atoms with van der Waals surface area (Å²) in [6, 6.07) is 85.3. The fourth-order valence-corrected chi connectivity index (χ4v) is 14.5. The van der Waals surface area contributed by atoms with Gasteiger partial charge in [-0.3, -0.25) is 0 Å². The zero-order valence-corrected chi connectivity index (χ0v) is 32.3. The Balaban J connectivity index is 1.33. The maximum atomic E-state index is 2.57. The first-order chi connectivity index (χ1) is 28.3. The first-order valence-electron chi connectivity index (χ1n) is 19.7. The van der Waals surface area contributed by atoms with Gasteiger partial charge in [0.1, 0.15) is 0 Å². The number of hydrogen-bond acceptors (Lipinski definition) is 0. The molecule has 2 heterocycles. The number of hydrogen-bond donors (Lipinski definition) is 0. The molecule has 2 aromatic heterocycles. The van der Waals surface area contributed by atoms with E-state index in [1.165, 1.54) is 75.5 Å². The molecule has 0 unspecified atom stereocenters. The van der Waals surface area contributed by atoms with Gasteiger partial charge in [0.25, 0.3) is 0 Å². The molecule has 0 N–H and O–H groups in total. The molecule has 0 radical (unpaired) electrons. The molecule has 57 heavy (non-hydrogen) atoms. The average Bonchev–Trinajstić information content (AvgIpc) is 3.81. The number of rotatable bonds is 7. The minimum atomic E-state index is -2.93. The monoisotopic (exact) mass is 742 g/mol. The first kappa shape index (κ1) is 33.2. The fourth-order valence-electron chi connectivity index (χ4n) is 9.50. The lowest BCUT2D eigenvalue weighted by Crippen LogP contribution is -2.75. The number of nitrogens with zero attached hydrogens (tertiary/aromatic N) is 2. The molecule has 0 aliphatic carbocycles. The summed E-state index contributed by atoms with van der Waals surface area (Å²) in [5.74, 6) is 0. The van der Waals surface area contributed by atoms with Crippen LogP contribution in [0.2, 0.25) is 0 Å². The Kier molecular flexibility index (Phi) is 7.87. The second-order valence-electron chi connectivity index (χ2n) is 14.8.